The van der Waals surface area contributed by atoms with E-state index < -0.39 is 21.9 Å². The number of benzene rings is 2. The van der Waals surface area contributed by atoms with Gasteiger partial charge in [-0.15, -0.1) is 10.2 Å². The predicted octanol–water partition coefficient (Wildman–Crippen LogP) is 3.33. The van der Waals surface area contributed by atoms with Crippen molar-refractivity contribution in [3.8, 4) is 5.75 Å². The Morgan fingerprint density at radius 2 is 1.88 bits per heavy atom. The van der Waals surface area contributed by atoms with E-state index in [0.29, 0.717) is 5.69 Å². The first-order valence-electron chi connectivity index (χ1n) is 9.36. The van der Waals surface area contributed by atoms with Crippen molar-refractivity contribution in [2.45, 2.75) is 23.1 Å². The van der Waals surface area contributed by atoms with Gasteiger partial charge < -0.3 is 14.5 Å². The quantitative estimate of drug-likeness (QED) is 0.464. The van der Waals surface area contributed by atoms with Crippen LogP contribution in [0, 0.1) is 5.82 Å². The highest BCUT2D eigenvalue weighted by Gasteiger charge is 2.19. The molecular formula is C20H21FN4O5S2. The van der Waals surface area contributed by atoms with Crippen LogP contribution in [0.15, 0.2) is 63.1 Å². The summed E-state index contributed by atoms with van der Waals surface area (Å²) in [6.07, 6.45) is -0.681. The third-order valence-corrected chi connectivity index (χ3v) is 6.80. The lowest BCUT2D eigenvalue weighted by molar-refractivity contribution is -0.113. The lowest BCUT2D eigenvalue weighted by Gasteiger charge is -2.12. The van der Waals surface area contributed by atoms with Crippen LogP contribution in [0.2, 0.25) is 0 Å². The van der Waals surface area contributed by atoms with Crippen LogP contribution in [0.25, 0.3) is 0 Å². The maximum Gasteiger partial charge on any atom is 0.277 e. The van der Waals surface area contributed by atoms with Crippen LogP contribution in [-0.2, 0) is 14.8 Å². The van der Waals surface area contributed by atoms with E-state index in [1.54, 1.807) is 19.1 Å². The van der Waals surface area contributed by atoms with Gasteiger partial charge in [0, 0.05) is 19.8 Å². The summed E-state index contributed by atoms with van der Waals surface area (Å²) in [5.74, 6) is -0.641. The molecule has 0 bridgehead atoms. The van der Waals surface area contributed by atoms with Gasteiger partial charge in [0.25, 0.3) is 11.1 Å². The van der Waals surface area contributed by atoms with E-state index in [4.69, 9.17) is 9.15 Å². The summed E-state index contributed by atoms with van der Waals surface area (Å²) in [5, 5.41) is 10.6. The Morgan fingerprint density at radius 3 is 2.53 bits per heavy atom. The van der Waals surface area contributed by atoms with Gasteiger partial charge in [-0.1, -0.05) is 23.9 Å². The van der Waals surface area contributed by atoms with Gasteiger partial charge in [0.05, 0.1) is 10.6 Å². The molecule has 9 nitrogen and oxygen atoms in total. The van der Waals surface area contributed by atoms with Crippen molar-refractivity contribution in [3.63, 3.8) is 0 Å². The minimum Gasteiger partial charge on any atom is -0.478 e. The molecule has 0 spiro atoms. The molecule has 1 N–H and O–H groups in total. The first-order chi connectivity index (χ1) is 15.2. The van der Waals surface area contributed by atoms with Crippen molar-refractivity contribution >= 4 is 33.4 Å². The Hall–Kier alpha value is -2.96. The molecule has 0 fully saturated rings. The number of halogens is 1. The van der Waals surface area contributed by atoms with Crippen LogP contribution in [-0.4, -0.2) is 48.7 Å². The SMILES string of the molecule is CC(Oc1ccccc1F)c1nnc(SCC(=O)Nc2ccc(S(=O)(=O)N(C)C)cc2)o1. The Kier molecular flexibility index (Phi) is 7.48. The van der Waals surface area contributed by atoms with E-state index in [0.717, 1.165) is 16.1 Å². The summed E-state index contributed by atoms with van der Waals surface area (Å²) >= 11 is 1.02. The number of rotatable bonds is 9. The topological polar surface area (TPSA) is 115 Å². The lowest BCUT2D eigenvalue weighted by atomic mass is 10.3. The van der Waals surface area contributed by atoms with Crippen molar-refractivity contribution in [2.24, 2.45) is 0 Å². The zero-order valence-corrected chi connectivity index (χ0v) is 19.1. The number of ether oxygens (including phenoxy) is 1. The van der Waals surface area contributed by atoms with Crippen molar-refractivity contribution in [1.82, 2.24) is 14.5 Å². The minimum atomic E-state index is -3.54. The van der Waals surface area contributed by atoms with E-state index >= 15 is 0 Å². The predicted molar refractivity (Wildman–Crippen MR) is 116 cm³/mol. The van der Waals surface area contributed by atoms with E-state index in [1.165, 1.54) is 50.5 Å². The monoisotopic (exact) mass is 480 g/mol. The molecule has 1 amide bonds. The Morgan fingerprint density at radius 1 is 1.19 bits per heavy atom. The van der Waals surface area contributed by atoms with E-state index in [1.807, 2.05) is 0 Å². The fourth-order valence-corrected chi connectivity index (χ4v) is 3.94. The zero-order valence-electron chi connectivity index (χ0n) is 17.5. The standard InChI is InChI=1S/C20H21FN4O5S2/c1-13(29-17-7-5-4-6-16(17)21)19-23-24-20(30-19)31-12-18(26)22-14-8-10-15(11-9-14)32(27,28)25(2)3/h4-11,13H,12H2,1-3H3,(H,22,26). The lowest BCUT2D eigenvalue weighted by Crippen LogP contribution is -2.22. The Bertz CT molecular complexity index is 1180. The largest absolute Gasteiger partial charge is 0.478 e. The molecule has 12 heteroatoms. The van der Waals surface area contributed by atoms with E-state index in [9.17, 15) is 17.6 Å². The molecule has 1 aromatic heterocycles. The number of amides is 1. The van der Waals surface area contributed by atoms with Gasteiger partial charge in [0.1, 0.15) is 0 Å². The number of hydrogen-bond donors (Lipinski definition) is 1. The Labute approximate surface area is 189 Å². The maximum atomic E-state index is 13.7. The highest BCUT2D eigenvalue weighted by molar-refractivity contribution is 7.99. The van der Waals surface area contributed by atoms with Crippen LogP contribution in [0.1, 0.15) is 18.9 Å². The second-order valence-corrected chi connectivity index (χ2v) is 9.82. The molecule has 32 heavy (non-hydrogen) atoms. The molecular weight excluding hydrogens is 459 g/mol. The molecule has 0 aliphatic carbocycles. The molecule has 0 aliphatic rings. The first-order valence-corrected chi connectivity index (χ1v) is 11.8. The Balaban J connectivity index is 1.52. The van der Waals surface area contributed by atoms with Crippen molar-refractivity contribution < 1.29 is 26.8 Å². The second kappa shape index (κ2) is 10.1. The fraction of sp³-hybridized carbons (Fsp3) is 0.250. The zero-order chi connectivity index (χ0) is 23.3. The summed E-state index contributed by atoms with van der Waals surface area (Å²) in [4.78, 5) is 12.3. The molecule has 0 saturated carbocycles. The number of sulfonamides is 1. The van der Waals surface area contributed by atoms with Gasteiger partial charge >= 0.3 is 0 Å². The summed E-state index contributed by atoms with van der Waals surface area (Å²) < 4.78 is 49.9. The number of carbonyl (C=O) groups is 1. The van der Waals surface area contributed by atoms with Crippen LogP contribution >= 0.6 is 11.8 Å². The molecule has 3 rings (SSSR count). The summed E-state index contributed by atoms with van der Waals surface area (Å²) in [5.41, 5.74) is 0.450. The van der Waals surface area contributed by atoms with Crippen molar-refractivity contribution in [2.75, 3.05) is 25.2 Å². The first kappa shape index (κ1) is 23.7. The fourth-order valence-electron chi connectivity index (χ4n) is 2.47. The number of nitrogens with one attached hydrogen (secondary N) is 1. The number of nitrogens with zero attached hydrogens (tertiary/aromatic N) is 3. The molecule has 170 valence electrons. The third-order valence-electron chi connectivity index (χ3n) is 4.15. The van der Waals surface area contributed by atoms with E-state index in [-0.39, 0.29) is 33.4 Å². The van der Waals surface area contributed by atoms with Gasteiger partial charge in [-0.2, -0.15) is 0 Å². The highest BCUT2D eigenvalue weighted by Crippen LogP contribution is 2.25. The summed E-state index contributed by atoms with van der Waals surface area (Å²) in [6.45, 7) is 1.64. The number of aromatic nitrogens is 2. The van der Waals surface area contributed by atoms with Crippen molar-refractivity contribution in [3.05, 3.63) is 60.2 Å². The second-order valence-electron chi connectivity index (χ2n) is 6.75. The van der Waals surface area contributed by atoms with Gasteiger partial charge in [-0.3, -0.25) is 4.79 Å². The molecule has 0 saturated heterocycles. The number of thioether (sulfide) groups is 1. The molecule has 0 radical (unpaired) electrons. The van der Waals surface area contributed by atoms with Crippen LogP contribution in [0.4, 0.5) is 10.1 Å². The summed E-state index contributed by atoms with van der Waals surface area (Å²) in [6, 6.07) is 11.8. The molecule has 1 atom stereocenters. The van der Waals surface area contributed by atoms with Gasteiger partial charge in [-0.05, 0) is 43.3 Å². The van der Waals surface area contributed by atoms with Crippen LogP contribution in [0.3, 0.4) is 0 Å². The minimum absolute atomic E-state index is 0.0120. The molecule has 0 aliphatic heterocycles. The molecule has 2 aromatic carbocycles. The van der Waals surface area contributed by atoms with Gasteiger partial charge in [-0.25, -0.2) is 17.1 Å². The van der Waals surface area contributed by atoms with Crippen LogP contribution < -0.4 is 10.1 Å². The average Bonchev–Trinajstić information content (AvgIpc) is 3.23. The maximum absolute atomic E-state index is 13.7. The smallest absolute Gasteiger partial charge is 0.277 e. The van der Waals surface area contributed by atoms with Crippen LogP contribution in [0.5, 0.6) is 5.75 Å². The van der Waals surface area contributed by atoms with Crippen molar-refractivity contribution in [1.29, 1.82) is 0 Å². The number of carbonyl (C=O) groups excluding carboxylic acids is 1. The van der Waals surface area contributed by atoms with Gasteiger partial charge in [0.15, 0.2) is 17.7 Å². The van der Waals surface area contributed by atoms with E-state index in [2.05, 4.69) is 15.5 Å². The normalized spacial score (nSPS) is 12.5. The molecule has 1 unspecified atom stereocenters. The summed E-state index contributed by atoms with van der Waals surface area (Å²) in [7, 11) is -0.653. The average molecular weight is 481 g/mol. The number of para-hydroxylation sites is 1. The molecule has 1 heterocycles. The number of hydrogen-bond acceptors (Lipinski definition) is 8. The molecule has 3 aromatic rings. The third kappa shape index (κ3) is 5.84. The number of anilines is 1. The van der Waals surface area contributed by atoms with Gasteiger partial charge in [0.2, 0.25) is 15.9 Å². The highest BCUT2D eigenvalue weighted by atomic mass is 32.2.